The summed E-state index contributed by atoms with van der Waals surface area (Å²) in [5.41, 5.74) is 1.51. The highest BCUT2D eigenvalue weighted by Crippen LogP contribution is 2.22. The Kier molecular flexibility index (Phi) is 2.02. The number of H-pyrrole nitrogens is 1. The van der Waals surface area contributed by atoms with Crippen LogP contribution in [-0.2, 0) is 0 Å². The van der Waals surface area contributed by atoms with Crippen molar-refractivity contribution in [3.05, 3.63) is 41.3 Å². The summed E-state index contributed by atoms with van der Waals surface area (Å²) in [6, 6.07) is 6.39. The van der Waals surface area contributed by atoms with Crippen LogP contribution in [0.3, 0.4) is 0 Å². The van der Waals surface area contributed by atoms with E-state index >= 15 is 0 Å². The maximum absolute atomic E-state index is 13.0. The summed E-state index contributed by atoms with van der Waals surface area (Å²) >= 11 is 5.54. The van der Waals surface area contributed by atoms with Gasteiger partial charge >= 0.3 is 0 Å². The SMILES string of the molecule is Fc1cc(-c2ccn[nH]2)ccc1Cl. The molecule has 2 rings (SSSR count). The molecule has 1 aromatic heterocycles. The first-order valence-corrected chi connectivity index (χ1v) is 4.10. The third-order valence-corrected chi connectivity index (χ3v) is 2.04. The molecule has 13 heavy (non-hydrogen) atoms. The third kappa shape index (κ3) is 1.55. The maximum atomic E-state index is 13.0. The first-order chi connectivity index (χ1) is 6.27. The standard InChI is InChI=1S/C9H6ClFN2/c10-7-2-1-6(5-8(7)11)9-3-4-12-13-9/h1-5H,(H,12,13). The first kappa shape index (κ1) is 8.26. The monoisotopic (exact) mass is 196 g/mol. The van der Waals surface area contributed by atoms with E-state index < -0.39 is 5.82 Å². The Bertz CT molecular complexity index is 412. The van der Waals surface area contributed by atoms with Crippen molar-refractivity contribution in [1.29, 1.82) is 0 Å². The number of aromatic amines is 1. The summed E-state index contributed by atoms with van der Waals surface area (Å²) in [5.74, 6) is -0.422. The Balaban J connectivity index is 2.49. The van der Waals surface area contributed by atoms with Crippen molar-refractivity contribution >= 4 is 11.6 Å². The van der Waals surface area contributed by atoms with E-state index in [-0.39, 0.29) is 5.02 Å². The van der Waals surface area contributed by atoms with Gasteiger partial charge in [0.25, 0.3) is 0 Å². The summed E-state index contributed by atoms with van der Waals surface area (Å²) in [5, 5.41) is 6.64. The second-order valence-electron chi connectivity index (χ2n) is 2.60. The zero-order valence-corrected chi connectivity index (χ0v) is 7.35. The maximum Gasteiger partial charge on any atom is 0.142 e. The number of benzene rings is 1. The average molecular weight is 197 g/mol. The van der Waals surface area contributed by atoms with Crippen molar-refractivity contribution in [2.45, 2.75) is 0 Å². The van der Waals surface area contributed by atoms with E-state index in [4.69, 9.17) is 11.6 Å². The molecule has 0 fully saturated rings. The van der Waals surface area contributed by atoms with Gasteiger partial charge in [0.2, 0.25) is 0 Å². The minimum Gasteiger partial charge on any atom is -0.278 e. The first-order valence-electron chi connectivity index (χ1n) is 3.72. The van der Waals surface area contributed by atoms with Crippen LogP contribution in [0.25, 0.3) is 11.3 Å². The van der Waals surface area contributed by atoms with Crippen molar-refractivity contribution in [3.8, 4) is 11.3 Å². The lowest BCUT2D eigenvalue weighted by molar-refractivity contribution is 0.628. The molecule has 2 nitrogen and oxygen atoms in total. The molecular weight excluding hydrogens is 191 g/mol. The van der Waals surface area contributed by atoms with E-state index in [1.807, 2.05) is 0 Å². The molecule has 0 atom stereocenters. The van der Waals surface area contributed by atoms with Gasteiger partial charge in [0.05, 0.1) is 10.7 Å². The van der Waals surface area contributed by atoms with Crippen LogP contribution < -0.4 is 0 Å². The lowest BCUT2D eigenvalue weighted by atomic mass is 10.1. The van der Waals surface area contributed by atoms with Gasteiger partial charge < -0.3 is 0 Å². The number of nitrogens with zero attached hydrogens (tertiary/aromatic N) is 1. The van der Waals surface area contributed by atoms with Crippen molar-refractivity contribution in [1.82, 2.24) is 10.2 Å². The smallest absolute Gasteiger partial charge is 0.142 e. The minimum atomic E-state index is -0.422. The highest BCUT2D eigenvalue weighted by Gasteiger charge is 2.03. The van der Waals surface area contributed by atoms with Gasteiger partial charge in [-0.1, -0.05) is 17.7 Å². The Morgan fingerprint density at radius 1 is 1.31 bits per heavy atom. The Morgan fingerprint density at radius 3 is 2.77 bits per heavy atom. The second kappa shape index (κ2) is 3.18. The fourth-order valence-electron chi connectivity index (χ4n) is 1.08. The van der Waals surface area contributed by atoms with Gasteiger partial charge in [-0.25, -0.2) is 4.39 Å². The van der Waals surface area contributed by atoms with Crippen LogP contribution in [0.5, 0.6) is 0 Å². The molecule has 0 bridgehead atoms. The average Bonchev–Trinajstić information content (AvgIpc) is 2.62. The summed E-state index contributed by atoms with van der Waals surface area (Å²) in [4.78, 5) is 0. The normalized spacial score (nSPS) is 10.3. The van der Waals surface area contributed by atoms with Gasteiger partial charge in [-0.05, 0) is 18.2 Å². The Labute approximate surface area is 79.4 Å². The van der Waals surface area contributed by atoms with Crippen molar-refractivity contribution in [3.63, 3.8) is 0 Å². The van der Waals surface area contributed by atoms with E-state index in [1.165, 1.54) is 12.1 Å². The summed E-state index contributed by atoms with van der Waals surface area (Å²) in [6.45, 7) is 0. The minimum absolute atomic E-state index is 0.128. The predicted molar refractivity (Wildman–Crippen MR) is 49.0 cm³/mol. The number of rotatable bonds is 1. The molecule has 1 aromatic carbocycles. The highest BCUT2D eigenvalue weighted by atomic mass is 35.5. The van der Waals surface area contributed by atoms with Gasteiger partial charge in [0.15, 0.2) is 0 Å². The summed E-state index contributed by atoms with van der Waals surface area (Å²) < 4.78 is 13.0. The molecule has 0 unspecified atom stereocenters. The molecule has 1 N–H and O–H groups in total. The fraction of sp³-hybridized carbons (Fsp3) is 0. The lowest BCUT2D eigenvalue weighted by Gasteiger charge is -1.98. The van der Waals surface area contributed by atoms with E-state index in [0.29, 0.717) is 0 Å². The van der Waals surface area contributed by atoms with Crippen LogP contribution in [0.4, 0.5) is 4.39 Å². The lowest BCUT2D eigenvalue weighted by Crippen LogP contribution is -1.81. The zero-order chi connectivity index (χ0) is 9.26. The van der Waals surface area contributed by atoms with Crippen LogP contribution in [0.1, 0.15) is 0 Å². The summed E-state index contributed by atoms with van der Waals surface area (Å²) in [6.07, 6.45) is 1.61. The molecule has 0 spiro atoms. The number of aromatic nitrogens is 2. The molecule has 0 aliphatic heterocycles. The van der Waals surface area contributed by atoms with E-state index in [2.05, 4.69) is 10.2 Å². The molecule has 0 radical (unpaired) electrons. The largest absolute Gasteiger partial charge is 0.278 e. The molecule has 0 aliphatic carbocycles. The van der Waals surface area contributed by atoms with Gasteiger partial charge in [0.1, 0.15) is 5.82 Å². The fourth-order valence-corrected chi connectivity index (χ4v) is 1.20. The highest BCUT2D eigenvalue weighted by molar-refractivity contribution is 6.30. The van der Waals surface area contributed by atoms with E-state index in [1.54, 1.807) is 18.3 Å². The van der Waals surface area contributed by atoms with Crippen LogP contribution >= 0.6 is 11.6 Å². The van der Waals surface area contributed by atoms with Gasteiger partial charge in [-0.2, -0.15) is 5.10 Å². The zero-order valence-electron chi connectivity index (χ0n) is 6.59. The van der Waals surface area contributed by atoms with Gasteiger partial charge in [-0.3, -0.25) is 5.10 Å². The van der Waals surface area contributed by atoms with E-state index in [9.17, 15) is 4.39 Å². The quantitative estimate of drug-likeness (QED) is 0.747. The number of halogens is 2. The van der Waals surface area contributed by atoms with Crippen LogP contribution in [0, 0.1) is 5.82 Å². The Hall–Kier alpha value is -1.35. The number of hydrogen-bond donors (Lipinski definition) is 1. The molecule has 1 heterocycles. The molecule has 2 aromatic rings. The number of hydrogen-bond acceptors (Lipinski definition) is 1. The molecule has 0 aliphatic rings. The number of nitrogens with one attached hydrogen (secondary N) is 1. The molecule has 0 amide bonds. The van der Waals surface area contributed by atoms with Crippen molar-refractivity contribution in [2.24, 2.45) is 0 Å². The Morgan fingerprint density at radius 2 is 2.15 bits per heavy atom. The van der Waals surface area contributed by atoms with Crippen LogP contribution in [-0.4, -0.2) is 10.2 Å². The molecule has 4 heteroatoms. The van der Waals surface area contributed by atoms with Crippen LogP contribution in [0.2, 0.25) is 5.02 Å². The predicted octanol–water partition coefficient (Wildman–Crippen LogP) is 2.87. The molecule has 0 saturated carbocycles. The molecule has 0 saturated heterocycles. The van der Waals surface area contributed by atoms with Crippen molar-refractivity contribution < 1.29 is 4.39 Å². The molecular formula is C9H6ClFN2. The van der Waals surface area contributed by atoms with Gasteiger partial charge in [0, 0.05) is 11.8 Å². The second-order valence-corrected chi connectivity index (χ2v) is 3.01. The van der Waals surface area contributed by atoms with Crippen molar-refractivity contribution in [2.75, 3.05) is 0 Å². The third-order valence-electron chi connectivity index (χ3n) is 1.73. The molecule has 66 valence electrons. The van der Waals surface area contributed by atoms with Gasteiger partial charge in [-0.15, -0.1) is 0 Å². The topological polar surface area (TPSA) is 28.7 Å². The summed E-state index contributed by atoms with van der Waals surface area (Å²) in [7, 11) is 0. The van der Waals surface area contributed by atoms with Crippen LogP contribution in [0.15, 0.2) is 30.5 Å². The van der Waals surface area contributed by atoms with E-state index in [0.717, 1.165) is 11.3 Å².